The van der Waals surface area contributed by atoms with Crippen LogP contribution in [0.1, 0.15) is 24.0 Å². The molecule has 1 aliphatic heterocycles. The van der Waals surface area contributed by atoms with Gasteiger partial charge in [0, 0.05) is 4.90 Å². The van der Waals surface area contributed by atoms with Gasteiger partial charge in [-0.15, -0.1) is 11.8 Å². The van der Waals surface area contributed by atoms with Gasteiger partial charge in [-0.25, -0.2) is 0 Å². The van der Waals surface area contributed by atoms with Crippen LogP contribution in [0, 0.1) is 11.3 Å². The van der Waals surface area contributed by atoms with E-state index in [9.17, 15) is 5.26 Å². The summed E-state index contributed by atoms with van der Waals surface area (Å²) in [7, 11) is 0. The fourth-order valence-electron chi connectivity index (χ4n) is 2.37. The molecule has 1 aliphatic carbocycles. The second-order valence-electron chi connectivity index (χ2n) is 4.97. The lowest BCUT2D eigenvalue weighted by molar-refractivity contribution is 0.709. The Bertz CT molecular complexity index is 517. The minimum Gasteiger partial charge on any atom is -0.316 e. The van der Waals surface area contributed by atoms with E-state index in [-0.39, 0.29) is 4.75 Å². The Balaban J connectivity index is 1.99. The highest BCUT2D eigenvalue weighted by Crippen LogP contribution is 2.53. The van der Waals surface area contributed by atoms with Crippen LogP contribution in [0.3, 0.4) is 0 Å². The number of hydrogen-bond acceptors (Lipinski definition) is 3. The molecular weight excluding hydrogens is 264 g/mol. The molecule has 0 radical (unpaired) electrons. The normalized spacial score (nSPS) is 20.7. The van der Waals surface area contributed by atoms with Crippen molar-refractivity contribution in [1.29, 1.82) is 5.26 Å². The van der Waals surface area contributed by atoms with Crippen LogP contribution in [0.15, 0.2) is 17.0 Å². The van der Waals surface area contributed by atoms with E-state index in [4.69, 9.17) is 11.6 Å². The molecule has 94 valence electrons. The standard InChI is InChI=1S/C14H15ClN2S/c15-12-2-1-10-3-7-17-8-4-11(10)13(12)18-14(9-16)5-6-14/h1-2,17H,3-8H2. The predicted molar refractivity (Wildman–Crippen MR) is 75.2 cm³/mol. The highest BCUT2D eigenvalue weighted by atomic mass is 35.5. The molecule has 0 atom stereocenters. The molecule has 3 rings (SSSR count). The van der Waals surface area contributed by atoms with Gasteiger partial charge in [-0.1, -0.05) is 17.7 Å². The monoisotopic (exact) mass is 278 g/mol. The zero-order valence-electron chi connectivity index (χ0n) is 10.1. The molecule has 0 bridgehead atoms. The van der Waals surface area contributed by atoms with Crippen molar-refractivity contribution in [2.24, 2.45) is 0 Å². The van der Waals surface area contributed by atoms with Crippen LogP contribution in [0.2, 0.25) is 5.02 Å². The van der Waals surface area contributed by atoms with Gasteiger partial charge in [0.2, 0.25) is 0 Å². The van der Waals surface area contributed by atoms with E-state index < -0.39 is 0 Å². The third kappa shape index (κ3) is 2.25. The lowest BCUT2D eigenvalue weighted by atomic mass is 10.0. The molecule has 2 aliphatic rings. The zero-order valence-corrected chi connectivity index (χ0v) is 11.7. The van der Waals surface area contributed by atoms with E-state index in [2.05, 4.69) is 17.5 Å². The van der Waals surface area contributed by atoms with Gasteiger partial charge in [0.1, 0.15) is 4.75 Å². The molecule has 0 saturated heterocycles. The quantitative estimate of drug-likeness (QED) is 0.903. The van der Waals surface area contributed by atoms with Gasteiger partial charge >= 0.3 is 0 Å². The van der Waals surface area contributed by atoms with E-state index in [1.165, 1.54) is 11.1 Å². The van der Waals surface area contributed by atoms with Gasteiger partial charge in [-0.2, -0.15) is 5.26 Å². The first-order valence-electron chi connectivity index (χ1n) is 6.35. The van der Waals surface area contributed by atoms with Crippen LogP contribution in [0.25, 0.3) is 0 Å². The van der Waals surface area contributed by atoms with Gasteiger partial charge in [0.05, 0.1) is 11.1 Å². The number of rotatable bonds is 2. The smallest absolute Gasteiger partial charge is 0.107 e. The number of nitriles is 1. The average Bonchev–Trinajstić information content (AvgIpc) is 3.17. The number of halogens is 1. The van der Waals surface area contributed by atoms with Crippen molar-refractivity contribution in [3.63, 3.8) is 0 Å². The molecule has 1 fully saturated rings. The fourth-order valence-corrected chi connectivity index (χ4v) is 3.92. The first-order chi connectivity index (χ1) is 8.74. The minimum absolute atomic E-state index is 0.196. The van der Waals surface area contributed by atoms with E-state index in [0.717, 1.165) is 48.7 Å². The summed E-state index contributed by atoms with van der Waals surface area (Å²) in [5.41, 5.74) is 2.75. The molecule has 1 saturated carbocycles. The zero-order chi connectivity index (χ0) is 12.6. The lowest BCUT2D eigenvalue weighted by Crippen LogP contribution is -2.16. The second-order valence-corrected chi connectivity index (χ2v) is 6.77. The minimum atomic E-state index is -0.196. The van der Waals surface area contributed by atoms with Crippen molar-refractivity contribution in [1.82, 2.24) is 5.32 Å². The summed E-state index contributed by atoms with van der Waals surface area (Å²) in [5, 5.41) is 13.5. The van der Waals surface area contributed by atoms with Crippen molar-refractivity contribution in [2.75, 3.05) is 13.1 Å². The number of hydrogen-bond donors (Lipinski definition) is 1. The third-order valence-corrected chi connectivity index (χ3v) is 5.63. The van der Waals surface area contributed by atoms with Crippen LogP contribution in [0.5, 0.6) is 0 Å². The third-order valence-electron chi connectivity index (χ3n) is 3.64. The predicted octanol–water partition coefficient (Wildman–Crippen LogP) is 3.18. The number of fused-ring (bicyclic) bond motifs is 1. The summed E-state index contributed by atoms with van der Waals surface area (Å²) in [6.07, 6.45) is 4.05. The Morgan fingerprint density at radius 2 is 2.06 bits per heavy atom. The summed E-state index contributed by atoms with van der Waals surface area (Å²) >= 11 is 8.04. The molecule has 0 spiro atoms. The van der Waals surface area contributed by atoms with Gasteiger partial charge in [0.15, 0.2) is 0 Å². The summed E-state index contributed by atoms with van der Waals surface area (Å²) < 4.78 is -0.196. The van der Waals surface area contributed by atoms with Crippen molar-refractivity contribution in [3.8, 4) is 6.07 Å². The largest absolute Gasteiger partial charge is 0.316 e. The first-order valence-corrected chi connectivity index (χ1v) is 7.55. The van der Waals surface area contributed by atoms with Crippen LogP contribution < -0.4 is 5.32 Å². The van der Waals surface area contributed by atoms with Gasteiger partial charge in [0.25, 0.3) is 0 Å². The van der Waals surface area contributed by atoms with Crippen LogP contribution >= 0.6 is 23.4 Å². The van der Waals surface area contributed by atoms with Crippen molar-refractivity contribution < 1.29 is 0 Å². The molecule has 0 amide bonds. The first kappa shape index (κ1) is 12.3. The van der Waals surface area contributed by atoms with Crippen molar-refractivity contribution in [3.05, 3.63) is 28.3 Å². The molecule has 1 aromatic carbocycles. The highest BCUT2D eigenvalue weighted by Gasteiger charge is 2.45. The van der Waals surface area contributed by atoms with Crippen molar-refractivity contribution >= 4 is 23.4 Å². The van der Waals surface area contributed by atoms with Crippen LogP contribution in [-0.4, -0.2) is 17.8 Å². The highest BCUT2D eigenvalue weighted by molar-refractivity contribution is 8.01. The molecule has 1 N–H and O–H groups in total. The molecule has 18 heavy (non-hydrogen) atoms. The maximum Gasteiger partial charge on any atom is 0.107 e. The Kier molecular flexibility index (Phi) is 3.27. The molecule has 4 heteroatoms. The van der Waals surface area contributed by atoms with E-state index in [1.54, 1.807) is 11.8 Å². The van der Waals surface area contributed by atoms with E-state index in [1.807, 2.05) is 6.07 Å². The SMILES string of the molecule is N#CC1(Sc2c(Cl)ccc3c2CCNCC3)CC1. The molecule has 1 aromatic rings. The van der Waals surface area contributed by atoms with Crippen molar-refractivity contribution in [2.45, 2.75) is 35.3 Å². The lowest BCUT2D eigenvalue weighted by Gasteiger charge is -2.15. The Labute approximate surface area is 117 Å². The number of thioether (sulfide) groups is 1. The average molecular weight is 279 g/mol. The van der Waals surface area contributed by atoms with Crippen LogP contribution in [0.4, 0.5) is 0 Å². The van der Waals surface area contributed by atoms with E-state index in [0.29, 0.717) is 0 Å². The number of benzene rings is 1. The molecule has 2 nitrogen and oxygen atoms in total. The molecule has 1 heterocycles. The summed E-state index contributed by atoms with van der Waals surface area (Å²) in [4.78, 5) is 1.15. The summed E-state index contributed by atoms with van der Waals surface area (Å²) in [6.45, 7) is 2.03. The maximum absolute atomic E-state index is 9.24. The van der Waals surface area contributed by atoms with Gasteiger partial charge in [-0.05, 0) is 56.0 Å². The molecule has 0 aromatic heterocycles. The maximum atomic E-state index is 9.24. The topological polar surface area (TPSA) is 35.8 Å². The summed E-state index contributed by atoms with van der Waals surface area (Å²) in [6, 6.07) is 6.57. The van der Waals surface area contributed by atoms with Gasteiger partial charge < -0.3 is 5.32 Å². The fraction of sp³-hybridized carbons (Fsp3) is 0.500. The number of nitrogens with one attached hydrogen (secondary N) is 1. The Morgan fingerprint density at radius 1 is 1.28 bits per heavy atom. The number of nitrogens with zero attached hydrogens (tertiary/aromatic N) is 1. The van der Waals surface area contributed by atoms with E-state index >= 15 is 0 Å². The molecular formula is C14H15ClN2S. The molecule has 0 unspecified atom stereocenters. The second kappa shape index (κ2) is 4.77. The van der Waals surface area contributed by atoms with Crippen LogP contribution in [-0.2, 0) is 12.8 Å². The Hall–Kier alpha value is -0.690. The summed E-state index contributed by atoms with van der Waals surface area (Å²) in [5.74, 6) is 0. The Morgan fingerprint density at radius 3 is 2.78 bits per heavy atom. The van der Waals surface area contributed by atoms with Gasteiger partial charge in [-0.3, -0.25) is 0 Å².